The lowest BCUT2D eigenvalue weighted by Crippen LogP contribution is -2.16. The molecule has 0 aliphatic heterocycles. The van der Waals surface area contributed by atoms with E-state index in [-0.39, 0.29) is 17.0 Å². The Morgan fingerprint density at radius 3 is 2.10 bits per heavy atom. The van der Waals surface area contributed by atoms with Crippen molar-refractivity contribution >= 4 is 5.78 Å². The van der Waals surface area contributed by atoms with E-state index < -0.39 is 0 Å². The lowest BCUT2D eigenvalue weighted by molar-refractivity contribution is 0.0947. The van der Waals surface area contributed by atoms with Gasteiger partial charge in [0.2, 0.25) is 0 Å². The van der Waals surface area contributed by atoms with Crippen molar-refractivity contribution in [2.75, 3.05) is 0 Å². The zero-order valence-electron chi connectivity index (χ0n) is 13.9. The SMILES string of the molecule is CCCCCCCCCC(=O)c1oc(C)c(C)c(=O)c1C. The Balaban J connectivity index is 2.48. The zero-order valence-corrected chi connectivity index (χ0v) is 13.9. The van der Waals surface area contributed by atoms with Gasteiger partial charge in [0.25, 0.3) is 0 Å². The molecule has 0 spiro atoms. The van der Waals surface area contributed by atoms with Crippen molar-refractivity contribution in [3.05, 3.63) is 32.9 Å². The van der Waals surface area contributed by atoms with Gasteiger partial charge < -0.3 is 4.42 Å². The van der Waals surface area contributed by atoms with Crippen LogP contribution in [0.5, 0.6) is 0 Å². The van der Waals surface area contributed by atoms with Gasteiger partial charge >= 0.3 is 0 Å². The Labute approximate surface area is 127 Å². The molecule has 0 aliphatic carbocycles. The average Bonchev–Trinajstić information content (AvgIpc) is 2.47. The van der Waals surface area contributed by atoms with Gasteiger partial charge in [-0.15, -0.1) is 0 Å². The highest BCUT2D eigenvalue weighted by Crippen LogP contribution is 2.15. The van der Waals surface area contributed by atoms with Crippen molar-refractivity contribution < 1.29 is 9.21 Å². The van der Waals surface area contributed by atoms with Crippen molar-refractivity contribution in [2.24, 2.45) is 0 Å². The van der Waals surface area contributed by atoms with Crippen molar-refractivity contribution in [3.8, 4) is 0 Å². The first kappa shape index (κ1) is 17.7. The van der Waals surface area contributed by atoms with Crippen LogP contribution in [0, 0.1) is 20.8 Å². The van der Waals surface area contributed by atoms with Crippen molar-refractivity contribution in [2.45, 2.75) is 79.1 Å². The van der Waals surface area contributed by atoms with Gasteiger partial charge in [0.15, 0.2) is 17.0 Å². The predicted molar refractivity (Wildman–Crippen MR) is 86.1 cm³/mol. The molecule has 0 saturated heterocycles. The summed E-state index contributed by atoms with van der Waals surface area (Å²) in [4.78, 5) is 24.2. The van der Waals surface area contributed by atoms with Crippen LogP contribution in [0.3, 0.4) is 0 Å². The minimum absolute atomic E-state index is 0.0405. The summed E-state index contributed by atoms with van der Waals surface area (Å²) in [5.41, 5.74) is 0.979. The predicted octanol–water partition coefficient (Wildman–Crippen LogP) is 4.89. The number of hydrogen-bond donors (Lipinski definition) is 0. The standard InChI is InChI=1S/C18H28O3/c1-5-6-7-8-9-10-11-12-16(19)18-14(3)17(20)13(2)15(4)21-18/h5-12H2,1-4H3. The van der Waals surface area contributed by atoms with E-state index in [0.29, 0.717) is 23.3 Å². The largest absolute Gasteiger partial charge is 0.457 e. The first-order valence-corrected chi connectivity index (χ1v) is 8.13. The number of rotatable bonds is 9. The Kier molecular flexibility index (Phi) is 7.41. The van der Waals surface area contributed by atoms with Gasteiger partial charge in [-0.25, -0.2) is 0 Å². The first-order chi connectivity index (χ1) is 9.99. The Morgan fingerprint density at radius 1 is 0.905 bits per heavy atom. The minimum atomic E-state index is -0.0679. The normalized spacial score (nSPS) is 10.9. The summed E-state index contributed by atoms with van der Waals surface area (Å²) in [7, 11) is 0. The monoisotopic (exact) mass is 292 g/mol. The molecule has 3 heteroatoms. The molecular weight excluding hydrogens is 264 g/mol. The van der Waals surface area contributed by atoms with Crippen LogP contribution in [0.15, 0.2) is 9.21 Å². The Morgan fingerprint density at radius 2 is 1.48 bits per heavy atom. The fraction of sp³-hybridized carbons (Fsp3) is 0.667. The smallest absolute Gasteiger partial charge is 0.198 e. The number of hydrogen-bond acceptors (Lipinski definition) is 3. The number of carbonyl (C=O) groups excluding carboxylic acids is 1. The molecule has 0 fully saturated rings. The number of unbranched alkanes of at least 4 members (excludes halogenated alkanes) is 6. The van der Waals surface area contributed by atoms with Gasteiger partial charge in [-0.1, -0.05) is 45.4 Å². The van der Waals surface area contributed by atoms with Gasteiger partial charge in [-0.2, -0.15) is 0 Å². The zero-order chi connectivity index (χ0) is 15.8. The van der Waals surface area contributed by atoms with Crippen LogP contribution < -0.4 is 5.43 Å². The second-order valence-electron chi connectivity index (χ2n) is 5.86. The maximum atomic E-state index is 12.2. The Hall–Kier alpha value is -1.38. The second-order valence-corrected chi connectivity index (χ2v) is 5.86. The van der Waals surface area contributed by atoms with Gasteiger partial charge in [0, 0.05) is 17.5 Å². The van der Waals surface area contributed by atoms with E-state index in [9.17, 15) is 9.59 Å². The molecule has 0 saturated carbocycles. The summed E-state index contributed by atoms with van der Waals surface area (Å²) in [5, 5.41) is 0. The molecular formula is C18H28O3. The maximum absolute atomic E-state index is 12.2. The summed E-state index contributed by atoms with van der Waals surface area (Å²) in [6, 6.07) is 0. The fourth-order valence-electron chi connectivity index (χ4n) is 2.47. The van der Waals surface area contributed by atoms with E-state index in [1.165, 1.54) is 32.1 Å². The van der Waals surface area contributed by atoms with E-state index in [4.69, 9.17) is 4.42 Å². The van der Waals surface area contributed by atoms with Crippen LogP contribution in [0.1, 0.15) is 85.7 Å². The van der Waals surface area contributed by atoms with Crippen LogP contribution in [-0.4, -0.2) is 5.78 Å². The van der Waals surface area contributed by atoms with Crippen LogP contribution in [0.4, 0.5) is 0 Å². The summed E-state index contributed by atoms with van der Waals surface area (Å²) in [5.74, 6) is 0.767. The molecule has 0 N–H and O–H groups in total. The molecule has 1 aromatic rings. The van der Waals surface area contributed by atoms with E-state index in [1.54, 1.807) is 20.8 Å². The number of aryl methyl sites for hydroxylation is 1. The molecule has 1 aromatic heterocycles. The molecule has 118 valence electrons. The molecule has 0 bridgehead atoms. The number of ketones is 1. The number of carbonyl (C=O) groups is 1. The van der Waals surface area contributed by atoms with Crippen molar-refractivity contribution in [1.29, 1.82) is 0 Å². The van der Waals surface area contributed by atoms with Gasteiger partial charge in [-0.3, -0.25) is 9.59 Å². The molecule has 0 atom stereocenters. The summed E-state index contributed by atoms with van der Waals surface area (Å²) >= 11 is 0. The van der Waals surface area contributed by atoms with Gasteiger partial charge in [-0.05, 0) is 27.2 Å². The topological polar surface area (TPSA) is 47.3 Å². The average molecular weight is 292 g/mol. The van der Waals surface area contributed by atoms with Crippen LogP contribution in [0.25, 0.3) is 0 Å². The molecule has 1 heterocycles. The van der Waals surface area contributed by atoms with Gasteiger partial charge in [0.1, 0.15) is 5.76 Å². The van der Waals surface area contributed by atoms with Crippen molar-refractivity contribution in [3.63, 3.8) is 0 Å². The quantitative estimate of drug-likeness (QED) is 0.481. The van der Waals surface area contributed by atoms with E-state index in [0.717, 1.165) is 12.8 Å². The van der Waals surface area contributed by atoms with Gasteiger partial charge in [0.05, 0.1) is 0 Å². The molecule has 0 aromatic carbocycles. The minimum Gasteiger partial charge on any atom is -0.457 e. The van der Waals surface area contributed by atoms with Crippen LogP contribution >= 0.6 is 0 Å². The lowest BCUT2D eigenvalue weighted by atomic mass is 10.0. The summed E-state index contributed by atoms with van der Waals surface area (Å²) in [6.07, 6.45) is 8.69. The number of Topliss-reactive ketones (excluding diaryl/α,β-unsaturated/α-hetero) is 1. The van der Waals surface area contributed by atoms with E-state index in [2.05, 4.69) is 6.92 Å². The van der Waals surface area contributed by atoms with Crippen molar-refractivity contribution in [1.82, 2.24) is 0 Å². The highest BCUT2D eigenvalue weighted by atomic mass is 16.3. The maximum Gasteiger partial charge on any atom is 0.198 e. The molecule has 0 radical (unpaired) electrons. The van der Waals surface area contributed by atoms with Crippen LogP contribution in [0.2, 0.25) is 0 Å². The second kappa shape index (κ2) is 8.81. The molecule has 1 rings (SSSR count). The highest BCUT2D eigenvalue weighted by Gasteiger charge is 2.17. The van der Waals surface area contributed by atoms with E-state index >= 15 is 0 Å². The third-order valence-electron chi connectivity index (χ3n) is 4.07. The molecule has 0 amide bonds. The fourth-order valence-corrected chi connectivity index (χ4v) is 2.47. The third-order valence-corrected chi connectivity index (χ3v) is 4.07. The molecule has 3 nitrogen and oxygen atoms in total. The molecule has 21 heavy (non-hydrogen) atoms. The summed E-state index contributed by atoms with van der Waals surface area (Å²) in [6.45, 7) is 7.36. The summed E-state index contributed by atoms with van der Waals surface area (Å²) < 4.78 is 5.54. The van der Waals surface area contributed by atoms with E-state index in [1.807, 2.05) is 0 Å². The third kappa shape index (κ3) is 5.14. The first-order valence-electron chi connectivity index (χ1n) is 8.13. The lowest BCUT2D eigenvalue weighted by Gasteiger charge is -2.07. The van der Waals surface area contributed by atoms with Crippen LogP contribution in [-0.2, 0) is 0 Å². The molecule has 0 unspecified atom stereocenters. The molecule has 0 aliphatic rings. The highest BCUT2D eigenvalue weighted by molar-refractivity contribution is 5.94. The Bertz CT molecular complexity index is 526.